The number of hydrogen-bond acceptors (Lipinski definition) is 9. The first-order valence-corrected chi connectivity index (χ1v) is 19.8. The van der Waals surface area contributed by atoms with E-state index in [0.717, 1.165) is 32.1 Å². The topological polar surface area (TPSA) is 135 Å². The van der Waals surface area contributed by atoms with Crippen LogP contribution in [0.5, 0.6) is 0 Å². The Kier molecular flexibility index (Phi) is 29.9. The van der Waals surface area contributed by atoms with Crippen LogP contribution in [0, 0.1) is 0 Å². The smallest absolute Gasteiger partial charge is 0.306 e. The highest BCUT2D eigenvalue weighted by molar-refractivity contribution is 5.69. The normalized spacial score (nSPS) is 22.0. The molecule has 1 aliphatic rings. The molecular weight excluding hydrogens is 612 g/mol. The molecule has 1 aliphatic heterocycles. The zero-order valence-corrected chi connectivity index (χ0v) is 30.7. The first-order valence-electron chi connectivity index (χ1n) is 19.8. The van der Waals surface area contributed by atoms with Gasteiger partial charge in [0.1, 0.15) is 30.5 Å². The second-order valence-corrected chi connectivity index (χ2v) is 13.7. The van der Waals surface area contributed by atoms with Gasteiger partial charge in [-0.25, -0.2) is 0 Å². The second kappa shape index (κ2) is 31.9. The molecule has 0 aromatic heterocycles. The lowest BCUT2D eigenvalue weighted by Gasteiger charge is -2.39. The number of allylic oxidation sites excluding steroid dienone is 2. The zero-order chi connectivity index (χ0) is 35.1. The van der Waals surface area contributed by atoms with Crippen molar-refractivity contribution < 1.29 is 44.2 Å². The molecule has 9 nitrogen and oxygen atoms in total. The van der Waals surface area contributed by atoms with Gasteiger partial charge < -0.3 is 39.4 Å². The van der Waals surface area contributed by atoms with Crippen molar-refractivity contribution in [3.63, 3.8) is 0 Å². The van der Waals surface area contributed by atoms with Gasteiger partial charge in [0.05, 0.1) is 19.8 Å². The van der Waals surface area contributed by atoms with Gasteiger partial charge in [-0.2, -0.15) is 0 Å². The lowest BCUT2D eigenvalue weighted by atomic mass is 9.99. The van der Waals surface area contributed by atoms with Gasteiger partial charge in [0, 0.05) is 13.0 Å². The Labute approximate surface area is 293 Å². The van der Waals surface area contributed by atoms with E-state index in [9.17, 15) is 25.2 Å². The highest BCUT2D eigenvalue weighted by Gasteiger charge is 2.44. The molecule has 9 heteroatoms. The first-order chi connectivity index (χ1) is 23.4. The molecule has 1 saturated heterocycles. The van der Waals surface area contributed by atoms with E-state index < -0.39 is 43.4 Å². The maximum absolute atomic E-state index is 12.7. The number of rotatable bonds is 33. The van der Waals surface area contributed by atoms with Crippen LogP contribution in [0.4, 0.5) is 0 Å². The van der Waals surface area contributed by atoms with Crippen LogP contribution in [-0.4, -0.2) is 89.6 Å². The van der Waals surface area contributed by atoms with Crippen molar-refractivity contribution in [2.24, 2.45) is 0 Å². The Morgan fingerprint density at radius 2 is 1.15 bits per heavy atom. The SMILES string of the molecule is CCCCCCCCC/C=C\CCCCCCCCCC(=O)OC(COCCCCCCCCC)COC1OC(CO)C(O)C(O)C1O. The van der Waals surface area contributed by atoms with Crippen LogP contribution in [0.25, 0.3) is 0 Å². The third kappa shape index (κ3) is 23.4. The van der Waals surface area contributed by atoms with E-state index in [1.807, 2.05) is 0 Å². The van der Waals surface area contributed by atoms with E-state index in [-0.39, 0.29) is 19.2 Å². The van der Waals surface area contributed by atoms with Crippen molar-refractivity contribution in [2.45, 2.75) is 205 Å². The summed E-state index contributed by atoms with van der Waals surface area (Å²) in [5, 5.41) is 39.8. The number of hydrogen-bond donors (Lipinski definition) is 4. The predicted octanol–water partition coefficient (Wildman–Crippen LogP) is 7.69. The summed E-state index contributed by atoms with van der Waals surface area (Å²) >= 11 is 0. The van der Waals surface area contributed by atoms with Gasteiger partial charge >= 0.3 is 5.97 Å². The fraction of sp³-hybridized carbons (Fsp3) is 0.923. The standard InChI is InChI=1S/C39H74O9/c1-3-5-7-9-11-12-13-14-15-16-17-18-19-20-21-22-24-26-28-35(41)47-33(31-45-29-27-25-23-10-8-6-4-2)32-46-39-38(44)37(43)36(42)34(30-40)48-39/h15-16,33-34,36-40,42-44H,3-14,17-32H2,1-2H3/b16-15-. The molecule has 6 unspecified atom stereocenters. The van der Waals surface area contributed by atoms with Gasteiger partial charge in [-0.1, -0.05) is 135 Å². The summed E-state index contributed by atoms with van der Waals surface area (Å²) in [7, 11) is 0. The average molecular weight is 687 g/mol. The van der Waals surface area contributed by atoms with Crippen LogP contribution in [0.3, 0.4) is 0 Å². The lowest BCUT2D eigenvalue weighted by Crippen LogP contribution is -2.59. The Morgan fingerprint density at radius 3 is 1.69 bits per heavy atom. The molecule has 4 N–H and O–H groups in total. The quantitative estimate of drug-likeness (QED) is 0.0311. The molecule has 0 aromatic carbocycles. The minimum atomic E-state index is -1.53. The maximum Gasteiger partial charge on any atom is 0.306 e. The molecule has 1 rings (SSSR count). The van der Waals surface area contributed by atoms with Gasteiger partial charge in [0.25, 0.3) is 0 Å². The summed E-state index contributed by atoms with van der Waals surface area (Å²) in [6.45, 7) is 4.52. The van der Waals surface area contributed by atoms with Crippen molar-refractivity contribution in [3.8, 4) is 0 Å². The first kappa shape index (κ1) is 45.0. The van der Waals surface area contributed by atoms with Gasteiger partial charge in [0.15, 0.2) is 6.29 Å². The van der Waals surface area contributed by atoms with Crippen LogP contribution in [0.1, 0.15) is 168 Å². The summed E-state index contributed by atoms with van der Waals surface area (Å²) in [6.07, 6.45) is 25.3. The summed E-state index contributed by atoms with van der Waals surface area (Å²) in [5.74, 6) is -0.319. The fourth-order valence-electron chi connectivity index (χ4n) is 6.01. The summed E-state index contributed by atoms with van der Waals surface area (Å²) in [6, 6.07) is 0. The third-order valence-corrected chi connectivity index (χ3v) is 9.18. The number of aliphatic hydroxyl groups excluding tert-OH is 4. The van der Waals surface area contributed by atoms with E-state index in [1.54, 1.807) is 0 Å². The second-order valence-electron chi connectivity index (χ2n) is 13.7. The van der Waals surface area contributed by atoms with Gasteiger partial charge in [-0.15, -0.1) is 0 Å². The summed E-state index contributed by atoms with van der Waals surface area (Å²) in [5.41, 5.74) is 0. The van der Waals surface area contributed by atoms with E-state index in [4.69, 9.17) is 18.9 Å². The fourth-order valence-corrected chi connectivity index (χ4v) is 6.01. The maximum atomic E-state index is 12.7. The molecule has 0 radical (unpaired) electrons. The molecule has 0 aromatic rings. The Balaban J connectivity index is 2.25. The molecule has 0 amide bonds. The van der Waals surface area contributed by atoms with Gasteiger partial charge in [0.2, 0.25) is 0 Å². The number of aliphatic hydroxyl groups is 4. The minimum Gasteiger partial charge on any atom is -0.457 e. The van der Waals surface area contributed by atoms with Crippen LogP contribution < -0.4 is 0 Å². The van der Waals surface area contributed by atoms with Crippen molar-refractivity contribution >= 4 is 5.97 Å². The number of esters is 1. The van der Waals surface area contributed by atoms with E-state index in [1.165, 1.54) is 116 Å². The monoisotopic (exact) mass is 687 g/mol. The number of carbonyl (C=O) groups is 1. The van der Waals surface area contributed by atoms with E-state index >= 15 is 0 Å². The molecule has 48 heavy (non-hydrogen) atoms. The largest absolute Gasteiger partial charge is 0.457 e. The average Bonchev–Trinajstić information content (AvgIpc) is 3.08. The van der Waals surface area contributed by atoms with E-state index in [2.05, 4.69) is 26.0 Å². The highest BCUT2D eigenvalue weighted by atomic mass is 16.7. The van der Waals surface area contributed by atoms with Gasteiger partial charge in [-0.3, -0.25) is 4.79 Å². The molecule has 0 bridgehead atoms. The van der Waals surface area contributed by atoms with Crippen LogP contribution in [-0.2, 0) is 23.7 Å². The Bertz CT molecular complexity index is 747. The van der Waals surface area contributed by atoms with Crippen LogP contribution in [0.15, 0.2) is 12.2 Å². The predicted molar refractivity (Wildman–Crippen MR) is 192 cm³/mol. The summed E-state index contributed by atoms with van der Waals surface area (Å²) in [4.78, 5) is 12.7. The number of unbranched alkanes of at least 4 members (excludes halogenated alkanes) is 20. The number of ether oxygens (including phenoxy) is 4. The number of carbonyl (C=O) groups excluding carboxylic acids is 1. The van der Waals surface area contributed by atoms with Crippen LogP contribution in [0.2, 0.25) is 0 Å². The van der Waals surface area contributed by atoms with Crippen LogP contribution >= 0.6 is 0 Å². The van der Waals surface area contributed by atoms with Crippen molar-refractivity contribution in [2.75, 3.05) is 26.4 Å². The van der Waals surface area contributed by atoms with Crippen molar-refractivity contribution in [1.29, 1.82) is 0 Å². The molecule has 6 atom stereocenters. The molecule has 284 valence electrons. The highest BCUT2D eigenvalue weighted by Crippen LogP contribution is 2.22. The Morgan fingerprint density at radius 1 is 0.646 bits per heavy atom. The molecule has 0 saturated carbocycles. The summed E-state index contributed by atoms with van der Waals surface area (Å²) < 4.78 is 22.6. The van der Waals surface area contributed by atoms with E-state index in [0.29, 0.717) is 13.0 Å². The van der Waals surface area contributed by atoms with Crippen molar-refractivity contribution in [3.05, 3.63) is 12.2 Å². The minimum absolute atomic E-state index is 0.111. The molecule has 0 spiro atoms. The molecular formula is C39H74O9. The lowest BCUT2D eigenvalue weighted by molar-refractivity contribution is -0.305. The zero-order valence-electron chi connectivity index (χ0n) is 30.7. The van der Waals surface area contributed by atoms with Crippen molar-refractivity contribution in [1.82, 2.24) is 0 Å². The molecule has 1 heterocycles. The molecule has 1 fully saturated rings. The van der Waals surface area contributed by atoms with Gasteiger partial charge in [-0.05, 0) is 38.5 Å². The molecule has 0 aliphatic carbocycles. The Hall–Kier alpha value is -1.07. The third-order valence-electron chi connectivity index (χ3n) is 9.18.